The molecule has 2 rings (SSSR count). The molecule has 0 saturated carbocycles. The van der Waals surface area contributed by atoms with Crippen molar-refractivity contribution < 1.29 is 9.59 Å². The summed E-state index contributed by atoms with van der Waals surface area (Å²) in [5.74, 6) is -0.247. The number of benzene rings is 1. The molecule has 1 aliphatic rings. The van der Waals surface area contributed by atoms with E-state index >= 15 is 0 Å². The molecule has 1 aromatic carbocycles. The molecule has 0 radical (unpaired) electrons. The van der Waals surface area contributed by atoms with Crippen LogP contribution < -0.4 is 10.2 Å². The number of carbonyl (C=O) groups is 2. The van der Waals surface area contributed by atoms with Gasteiger partial charge in [-0.1, -0.05) is 12.1 Å². The maximum absolute atomic E-state index is 12.0. The first kappa shape index (κ1) is 13.6. The van der Waals surface area contributed by atoms with Crippen molar-refractivity contribution in [1.82, 2.24) is 5.32 Å². The van der Waals surface area contributed by atoms with Crippen LogP contribution in [0.5, 0.6) is 0 Å². The van der Waals surface area contributed by atoms with Gasteiger partial charge in [0.15, 0.2) is 0 Å². The van der Waals surface area contributed by atoms with Gasteiger partial charge in [-0.15, -0.1) is 0 Å². The molecule has 1 fully saturated rings. The third-order valence-electron chi connectivity index (χ3n) is 3.24. The van der Waals surface area contributed by atoms with Gasteiger partial charge in [-0.25, -0.2) is 0 Å². The highest BCUT2D eigenvalue weighted by Gasteiger charge is 2.35. The molecule has 1 saturated heterocycles. The molecule has 1 heterocycles. The normalized spacial score (nSPS) is 19.1. The molecule has 0 aromatic heterocycles. The molecule has 4 nitrogen and oxygen atoms in total. The summed E-state index contributed by atoms with van der Waals surface area (Å²) in [6.07, 6.45) is 0.298. The van der Waals surface area contributed by atoms with Crippen LogP contribution in [0.25, 0.3) is 0 Å². The monoisotopic (exact) mass is 260 g/mol. The van der Waals surface area contributed by atoms with Crippen molar-refractivity contribution in [2.45, 2.75) is 33.2 Å². The minimum atomic E-state index is -0.240. The lowest BCUT2D eigenvalue weighted by Gasteiger charge is -2.17. The molecule has 1 N–H and O–H groups in total. The molecule has 0 spiro atoms. The highest BCUT2D eigenvalue weighted by Crippen LogP contribution is 2.25. The standard InChI is InChI=1S/C15H20N2O2/c1-10(2)16-15(19)12-8-14(18)17(9-12)13-6-4-5-11(3)7-13/h4-7,10,12H,8-9H2,1-3H3,(H,16,19). The fourth-order valence-electron chi connectivity index (χ4n) is 2.33. The molecule has 2 amide bonds. The second kappa shape index (κ2) is 5.43. The largest absolute Gasteiger partial charge is 0.354 e. The van der Waals surface area contributed by atoms with Gasteiger partial charge in [0.25, 0.3) is 0 Å². The smallest absolute Gasteiger partial charge is 0.227 e. The van der Waals surface area contributed by atoms with Gasteiger partial charge in [-0.05, 0) is 38.5 Å². The first-order valence-corrected chi connectivity index (χ1v) is 6.65. The van der Waals surface area contributed by atoms with Crippen molar-refractivity contribution >= 4 is 17.5 Å². The van der Waals surface area contributed by atoms with Crippen LogP contribution in [0.4, 0.5) is 5.69 Å². The molecule has 1 atom stereocenters. The molecular formula is C15H20N2O2. The van der Waals surface area contributed by atoms with E-state index in [0.717, 1.165) is 11.3 Å². The number of rotatable bonds is 3. The zero-order valence-corrected chi connectivity index (χ0v) is 11.6. The third kappa shape index (κ3) is 3.13. The van der Waals surface area contributed by atoms with Crippen LogP contribution in [0.1, 0.15) is 25.8 Å². The Kier molecular flexibility index (Phi) is 3.88. The van der Waals surface area contributed by atoms with E-state index in [1.807, 2.05) is 45.0 Å². The Morgan fingerprint density at radius 1 is 1.42 bits per heavy atom. The van der Waals surface area contributed by atoms with E-state index < -0.39 is 0 Å². The van der Waals surface area contributed by atoms with Gasteiger partial charge in [0, 0.05) is 24.7 Å². The molecule has 1 aromatic rings. The number of nitrogens with zero attached hydrogens (tertiary/aromatic N) is 1. The highest BCUT2D eigenvalue weighted by molar-refractivity contribution is 6.00. The molecule has 4 heteroatoms. The second-order valence-electron chi connectivity index (χ2n) is 5.41. The summed E-state index contributed by atoms with van der Waals surface area (Å²) in [4.78, 5) is 25.7. The number of nitrogens with one attached hydrogen (secondary N) is 1. The van der Waals surface area contributed by atoms with E-state index in [9.17, 15) is 9.59 Å². The van der Waals surface area contributed by atoms with Gasteiger partial charge in [0.2, 0.25) is 11.8 Å². The minimum absolute atomic E-state index is 0.0227. The van der Waals surface area contributed by atoms with E-state index in [2.05, 4.69) is 5.32 Å². The number of hydrogen-bond acceptors (Lipinski definition) is 2. The van der Waals surface area contributed by atoms with Crippen LogP contribution in [-0.2, 0) is 9.59 Å². The average molecular weight is 260 g/mol. The second-order valence-corrected chi connectivity index (χ2v) is 5.41. The third-order valence-corrected chi connectivity index (χ3v) is 3.24. The Labute approximate surface area is 113 Å². The summed E-state index contributed by atoms with van der Waals surface area (Å²) in [6, 6.07) is 7.91. The quantitative estimate of drug-likeness (QED) is 0.902. The first-order valence-electron chi connectivity index (χ1n) is 6.65. The van der Waals surface area contributed by atoms with Crippen LogP contribution in [0.2, 0.25) is 0 Å². The van der Waals surface area contributed by atoms with Crippen LogP contribution in [0.3, 0.4) is 0 Å². The molecule has 1 aliphatic heterocycles. The lowest BCUT2D eigenvalue weighted by Crippen LogP contribution is -2.36. The number of carbonyl (C=O) groups excluding carboxylic acids is 2. The summed E-state index contributed by atoms with van der Waals surface area (Å²) in [6.45, 7) is 6.31. The highest BCUT2D eigenvalue weighted by atomic mass is 16.2. The molecule has 1 unspecified atom stereocenters. The Morgan fingerprint density at radius 3 is 2.79 bits per heavy atom. The summed E-state index contributed by atoms with van der Waals surface area (Å²) in [5, 5.41) is 2.87. The van der Waals surface area contributed by atoms with Crippen LogP contribution in [-0.4, -0.2) is 24.4 Å². The van der Waals surface area contributed by atoms with Crippen molar-refractivity contribution in [2.24, 2.45) is 5.92 Å². The summed E-state index contributed by atoms with van der Waals surface area (Å²) >= 11 is 0. The summed E-state index contributed by atoms with van der Waals surface area (Å²) in [5.41, 5.74) is 1.99. The lowest BCUT2D eigenvalue weighted by atomic mass is 10.1. The van der Waals surface area contributed by atoms with Crippen LogP contribution in [0, 0.1) is 12.8 Å². The fraction of sp³-hybridized carbons (Fsp3) is 0.467. The van der Waals surface area contributed by atoms with Crippen molar-refractivity contribution in [2.75, 3.05) is 11.4 Å². The van der Waals surface area contributed by atoms with Gasteiger partial charge < -0.3 is 10.2 Å². The van der Waals surface area contributed by atoms with E-state index in [4.69, 9.17) is 0 Å². The van der Waals surface area contributed by atoms with E-state index in [1.54, 1.807) is 4.90 Å². The minimum Gasteiger partial charge on any atom is -0.354 e. The lowest BCUT2D eigenvalue weighted by molar-refractivity contribution is -0.126. The zero-order chi connectivity index (χ0) is 14.0. The Balaban J connectivity index is 2.10. The van der Waals surface area contributed by atoms with Crippen molar-refractivity contribution in [3.8, 4) is 0 Å². The van der Waals surface area contributed by atoms with Crippen molar-refractivity contribution in [1.29, 1.82) is 0 Å². The maximum Gasteiger partial charge on any atom is 0.227 e. The predicted octanol–water partition coefficient (Wildman–Crippen LogP) is 1.87. The maximum atomic E-state index is 12.0. The first-order chi connectivity index (χ1) is 8.97. The number of hydrogen-bond donors (Lipinski definition) is 1. The van der Waals surface area contributed by atoms with Crippen molar-refractivity contribution in [3.05, 3.63) is 29.8 Å². The zero-order valence-electron chi connectivity index (χ0n) is 11.6. The van der Waals surface area contributed by atoms with Gasteiger partial charge in [-0.3, -0.25) is 9.59 Å². The molecular weight excluding hydrogens is 240 g/mol. The van der Waals surface area contributed by atoms with Crippen molar-refractivity contribution in [3.63, 3.8) is 0 Å². The fourth-order valence-corrected chi connectivity index (χ4v) is 2.33. The predicted molar refractivity (Wildman–Crippen MR) is 74.9 cm³/mol. The molecule has 19 heavy (non-hydrogen) atoms. The topological polar surface area (TPSA) is 49.4 Å². The van der Waals surface area contributed by atoms with Gasteiger partial charge in [0.1, 0.15) is 0 Å². The Hall–Kier alpha value is -1.84. The van der Waals surface area contributed by atoms with E-state index in [0.29, 0.717) is 13.0 Å². The van der Waals surface area contributed by atoms with Gasteiger partial charge in [-0.2, -0.15) is 0 Å². The van der Waals surface area contributed by atoms with Crippen LogP contribution >= 0.6 is 0 Å². The number of amides is 2. The Bertz CT molecular complexity index is 497. The van der Waals surface area contributed by atoms with Crippen LogP contribution in [0.15, 0.2) is 24.3 Å². The van der Waals surface area contributed by atoms with E-state index in [-0.39, 0.29) is 23.8 Å². The summed E-state index contributed by atoms with van der Waals surface area (Å²) in [7, 11) is 0. The number of anilines is 1. The molecule has 102 valence electrons. The number of aryl methyl sites for hydroxylation is 1. The molecule has 0 bridgehead atoms. The van der Waals surface area contributed by atoms with Gasteiger partial charge >= 0.3 is 0 Å². The average Bonchev–Trinajstić information content (AvgIpc) is 2.70. The Morgan fingerprint density at radius 2 is 2.16 bits per heavy atom. The summed E-state index contributed by atoms with van der Waals surface area (Å²) < 4.78 is 0. The molecule has 0 aliphatic carbocycles. The SMILES string of the molecule is Cc1cccc(N2CC(C(=O)NC(C)C)CC2=O)c1. The van der Waals surface area contributed by atoms with Gasteiger partial charge in [0.05, 0.1) is 5.92 Å². The van der Waals surface area contributed by atoms with E-state index in [1.165, 1.54) is 0 Å².